The number of anilines is 1. The molecule has 1 atom stereocenters. The van der Waals surface area contributed by atoms with Crippen molar-refractivity contribution < 1.29 is 9.59 Å². The molecule has 5 heteroatoms. The molecule has 0 aliphatic carbocycles. The van der Waals surface area contributed by atoms with Gasteiger partial charge in [-0.2, -0.15) is 0 Å². The summed E-state index contributed by atoms with van der Waals surface area (Å²) < 4.78 is 0.844. The first-order chi connectivity index (χ1) is 11.1. The molecule has 0 spiro atoms. The van der Waals surface area contributed by atoms with Crippen LogP contribution in [0.25, 0.3) is 0 Å². The largest absolute Gasteiger partial charge is 0.290 e. The molecule has 118 valence electrons. The molecule has 1 saturated heterocycles. The molecule has 1 aliphatic heterocycles. The number of benzene rings is 2. The second kappa shape index (κ2) is 6.64. The highest BCUT2D eigenvalue weighted by Crippen LogP contribution is 2.27. The molecule has 1 heterocycles. The van der Waals surface area contributed by atoms with Gasteiger partial charge in [0.1, 0.15) is 0 Å². The van der Waals surface area contributed by atoms with Crippen molar-refractivity contribution in [1.29, 1.82) is 0 Å². The fraction of sp³-hybridized carbons (Fsp3) is 0.222. The summed E-state index contributed by atoms with van der Waals surface area (Å²) in [5.41, 5.74) is 1.74. The van der Waals surface area contributed by atoms with Gasteiger partial charge < -0.3 is 0 Å². The summed E-state index contributed by atoms with van der Waals surface area (Å²) in [5, 5.41) is 0. The summed E-state index contributed by atoms with van der Waals surface area (Å²) in [7, 11) is 1.88. The first-order valence-electron chi connectivity index (χ1n) is 7.43. The summed E-state index contributed by atoms with van der Waals surface area (Å²) in [5.74, 6) is -0.315. The van der Waals surface area contributed by atoms with E-state index in [9.17, 15) is 9.59 Å². The zero-order valence-corrected chi connectivity index (χ0v) is 14.4. The third kappa shape index (κ3) is 3.35. The predicted molar refractivity (Wildman–Crippen MR) is 92.9 cm³/mol. The summed E-state index contributed by atoms with van der Waals surface area (Å²) in [6.07, 6.45) is 0.217. The van der Waals surface area contributed by atoms with Gasteiger partial charge in [0.25, 0.3) is 5.91 Å². The minimum absolute atomic E-state index is 0.155. The van der Waals surface area contributed by atoms with Gasteiger partial charge in [-0.15, -0.1) is 0 Å². The summed E-state index contributed by atoms with van der Waals surface area (Å²) in [6.45, 7) is 0.636. The normalized spacial score (nSPS) is 18.0. The van der Waals surface area contributed by atoms with Crippen LogP contribution in [0.2, 0.25) is 0 Å². The Morgan fingerprint density at radius 2 is 1.87 bits per heavy atom. The van der Waals surface area contributed by atoms with Crippen LogP contribution in [0.5, 0.6) is 0 Å². The number of imide groups is 1. The maximum absolute atomic E-state index is 12.7. The lowest BCUT2D eigenvalue weighted by Gasteiger charge is -2.23. The van der Waals surface area contributed by atoms with Crippen molar-refractivity contribution >= 4 is 33.4 Å². The molecule has 0 radical (unpaired) electrons. The van der Waals surface area contributed by atoms with Crippen molar-refractivity contribution in [3.05, 3.63) is 64.6 Å². The van der Waals surface area contributed by atoms with E-state index in [0.29, 0.717) is 12.2 Å². The van der Waals surface area contributed by atoms with Gasteiger partial charge in [-0.1, -0.05) is 52.3 Å². The fourth-order valence-electron chi connectivity index (χ4n) is 2.83. The number of amides is 2. The van der Waals surface area contributed by atoms with Crippen LogP contribution in [0, 0.1) is 0 Å². The molecule has 2 amide bonds. The van der Waals surface area contributed by atoms with Gasteiger partial charge in [0.15, 0.2) is 0 Å². The van der Waals surface area contributed by atoms with Gasteiger partial charge in [-0.25, -0.2) is 4.90 Å². The van der Waals surface area contributed by atoms with Gasteiger partial charge in [0.05, 0.1) is 18.2 Å². The molecule has 23 heavy (non-hydrogen) atoms. The summed E-state index contributed by atoms with van der Waals surface area (Å²) in [6, 6.07) is 16.8. The topological polar surface area (TPSA) is 40.6 Å². The van der Waals surface area contributed by atoms with E-state index in [-0.39, 0.29) is 18.2 Å². The lowest BCUT2D eigenvalue weighted by atomic mass is 10.1. The zero-order chi connectivity index (χ0) is 16.4. The van der Waals surface area contributed by atoms with Crippen molar-refractivity contribution in [2.45, 2.75) is 19.0 Å². The first-order valence-corrected chi connectivity index (χ1v) is 8.22. The van der Waals surface area contributed by atoms with Crippen LogP contribution >= 0.6 is 15.9 Å². The molecule has 2 aromatic rings. The smallest absolute Gasteiger partial charge is 0.251 e. The summed E-state index contributed by atoms with van der Waals surface area (Å²) in [4.78, 5) is 28.3. The molecular weight excluding hydrogens is 356 g/mol. The molecule has 3 rings (SSSR count). The molecule has 1 fully saturated rings. The first kappa shape index (κ1) is 15.9. The second-order valence-corrected chi connectivity index (χ2v) is 6.58. The predicted octanol–water partition coefficient (Wildman–Crippen LogP) is 3.21. The molecule has 4 nitrogen and oxygen atoms in total. The van der Waals surface area contributed by atoms with Gasteiger partial charge >= 0.3 is 0 Å². The molecule has 0 bridgehead atoms. The number of nitrogens with zero attached hydrogens (tertiary/aromatic N) is 2. The van der Waals surface area contributed by atoms with E-state index in [1.807, 2.05) is 54.4 Å². The van der Waals surface area contributed by atoms with Crippen LogP contribution in [-0.4, -0.2) is 29.8 Å². The Balaban J connectivity index is 1.78. The van der Waals surface area contributed by atoms with Crippen LogP contribution in [0.1, 0.15) is 12.0 Å². The number of rotatable bonds is 4. The number of carbonyl (C=O) groups excluding carboxylic acids is 2. The van der Waals surface area contributed by atoms with Crippen LogP contribution in [-0.2, 0) is 16.1 Å². The Kier molecular flexibility index (Phi) is 4.59. The van der Waals surface area contributed by atoms with Gasteiger partial charge in [0, 0.05) is 11.0 Å². The maximum Gasteiger partial charge on any atom is 0.251 e. The van der Waals surface area contributed by atoms with E-state index in [2.05, 4.69) is 15.9 Å². The van der Waals surface area contributed by atoms with Gasteiger partial charge in [0.2, 0.25) is 5.91 Å². The van der Waals surface area contributed by atoms with E-state index in [4.69, 9.17) is 0 Å². The van der Waals surface area contributed by atoms with Crippen LogP contribution in [0.15, 0.2) is 59.1 Å². The standard InChI is InChI=1S/C18H17BrN2O2/c1-20(12-13-6-3-2-4-7-13)16-11-17(22)21(18(16)23)15-9-5-8-14(19)10-15/h2-10,16H,11-12H2,1H3/t16-/m1/s1. The number of hydrogen-bond donors (Lipinski definition) is 0. The lowest BCUT2D eigenvalue weighted by Crippen LogP contribution is -2.39. The fourth-order valence-corrected chi connectivity index (χ4v) is 3.22. The Bertz CT molecular complexity index is 733. The number of hydrogen-bond acceptors (Lipinski definition) is 3. The van der Waals surface area contributed by atoms with E-state index in [0.717, 1.165) is 10.0 Å². The quantitative estimate of drug-likeness (QED) is 0.773. The van der Waals surface area contributed by atoms with Crippen molar-refractivity contribution in [1.82, 2.24) is 4.90 Å². The number of halogens is 1. The highest BCUT2D eigenvalue weighted by molar-refractivity contribution is 9.10. The molecule has 0 N–H and O–H groups in total. The van der Waals surface area contributed by atoms with Crippen LogP contribution in [0.4, 0.5) is 5.69 Å². The zero-order valence-electron chi connectivity index (χ0n) is 12.8. The third-order valence-corrected chi connectivity index (χ3v) is 4.49. The highest BCUT2D eigenvalue weighted by Gasteiger charge is 2.41. The minimum Gasteiger partial charge on any atom is -0.290 e. The number of likely N-dealkylation sites (N-methyl/N-ethyl adjacent to an activating group) is 1. The maximum atomic E-state index is 12.7. The van der Waals surface area contributed by atoms with Crippen LogP contribution < -0.4 is 4.90 Å². The van der Waals surface area contributed by atoms with Crippen LogP contribution in [0.3, 0.4) is 0 Å². The average molecular weight is 373 g/mol. The molecule has 2 aromatic carbocycles. The summed E-state index contributed by atoms with van der Waals surface area (Å²) >= 11 is 3.38. The highest BCUT2D eigenvalue weighted by atomic mass is 79.9. The Morgan fingerprint density at radius 1 is 1.13 bits per heavy atom. The third-order valence-electron chi connectivity index (χ3n) is 4.00. The Hall–Kier alpha value is -1.98. The SMILES string of the molecule is CN(Cc1ccccc1)[C@@H]1CC(=O)N(c2cccc(Br)c2)C1=O. The Labute approximate surface area is 143 Å². The minimum atomic E-state index is -0.415. The average Bonchev–Trinajstić information content (AvgIpc) is 2.83. The van der Waals surface area contributed by atoms with E-state index in [1.54, 1.807) is 12.1 Å². The van der Waals surface area contributed by atoms with E-state index in [1.165, 1.54) is 4.90 Å². The monoisotopic (exact) mass is 372 g/mol. The molecule has 0 saturated carbocycles. The van der Waals surface area contributed by atoms with Gasteiger partial charge in [-0.3, -0.25) is 14.5 Å². The molecule has 1 aliphatic rings. The molecule has 0 unspecified atom stereocenters. The van der Waals surface area contributed by atoms with E-state index < -0.39 is 6.04 Å². The Morgan fingerprint density at radius 3 is 2.57 bits per heavy atom. The van der Waals surface area contributed by atoms with Crippen molar-refractivity contribution in [3.63, 3.8) is 0 Å². The van der Waals surface area contributed by atoms with Crippen molar-refractivity contribution in [2.24, 2.45) is 0 Å². The number of carbonyl (C=O) groups is 2. The van der Waals surface area contributed by atoms with Crippen molar-refractivity contribution in [3.8, 4) is 0 Å². The van der Waals surface area contributed by atoms with Gasteiger partial charge in [-0.05, 0) is 30.8 Å². The lowest BCUT2D eigenvalue weighted by molar-refractivity contribution is -0.122. The second-order valence-electron chi connectivity index (χ2n) is 5.67. The van der Waals surface area contributed by atoms with E-state index >= 15 is 0 Å². The molecular formula is C18H17BrN2O2. The van der Waals surface area contributed by atoms with Crippen molar-refractivity contribution in [2.75, 3.05) is 11.9 Å². The molecule has 0 aromatic heterocycles.